The molecule has 0 spiro atoms. The first-order chi connectivity index (χ1) is 5.29. The van der Waals surface area contributed by atoms with Gasteiger partial charge in [0.1, 0.15) is 0 Å². The minimum absolute atomic E-state index is 0.155. The molecule has 2 rings (SSSR count). The Labute approximate surface area is 65.4 Å². The highest BCUT2D eigenvalue weighted by Gasteiger charge is 2.22. The molecular weight excluding hydrogens is 138 g/mol. The maximum absolute atomic E-state index is 11.1. The Morgan fingerprint density at radius 1 is 1.64 bits per heavy atom. The fraction of sp³-hybridized carbons (Fsp3) is 0.222. The second kappa shape index (κ2) is 2.09. The molecule has 2 heteroatoms. The van der Waals surface area contributed by atoms with Gasteiger partial charge in [-0.3, -0.25) is 4.79 Å². The van der Waals surface area contributed by atoms with Gasteiger partial charge in [0, 0.05) is 13.1 Å². The SMILES string of the molecule is CN1C(=O)Cc2ccc[c]c21. The Morgan fingerprint density at radius 3 is 3.18 bits per heavy atom. The monoisotopic (exact) mass is 146 g/mol. The largest absolute Gasteiger partial charge is 0.314 e. The molecule has 0 bridgehead atoms. The normalized spacial score (nSPS) is 15.4. The topological polar surface area (TPSA) is 20.3 Å². The van der Waals surface area contributed by atoms with Crippen molar-refractivity contribution in [3.63, 3.8) is 0 Å². The first-order valence-electron chi connectivity index (χ1n) is 3.55. The number of benzene rings is 1. The Balaban J connectivity index is 2.55. The van der Waals surface area contributed by atoms with E-state index in [1.54, 1.807) is 11.9 Å². The lowest BCUT2D eigenvalue weighted by molar-refractivity contribution is -0.117. The van der Waals surface area contributed by atoms with Gasteiger partial charge in [0.15, 0.2) is 0 Å². The average molecular weight is 146 g/mol. The van der Waals surface area contributed by atoms with Gasteiger partial charge < -0.3 is 4.90 Å². The van der Waals surface area contributed by atoms with Gasteiger partial charge in [-0.25, -0.2) is 0 Å². The standard InChI is InChI=1S/C9H8NO/c1-10-8-5-3-2-4-7(8)6-9(10)11/h2-4H,6H2,1H3. The Morgan fingerprint density at radius 2 is 2.45 bits per heavy atom. The lowest BCUT2D eigenvalue weighted by atomic mass is 10.2. The van der Waals surface area contributed by atoms with E-state index in [1.165, 1.54) is 0 Å². The summed E-state index contributed by atoms with van der Waals surface area (Å²) in [7, 11) is 1.78. The van der Waals surface area contributed by atoms with E-state index in [-0.39, 0.29) is 5.91 Å². The van der Waals surface area contributed by atoms with Gasteiger partial charge >= 0.3 is 0 Å². The second-order valence-electron chi connectivity index (χ2n) is 2.67. The van der Waals surface area contributed by atoms with Crippen LogP contribution in [-0.2, 0) is 11.2 Å². The summed E-state index contributed by atoms with van der Waals surface area (Å²) in [5, 5.41) is 0. The molecule has 11 heavy (non-hydrogen) atoms. The molecule has 1 aliphatic heterocycles. The predicted octanol–water partition coefficient (Wildman–Crippen LogP) is 1.01. The van der Waals surface area contributed by atoms with Gasteiger partial charge in [0.2, 0.25) is 5.91 Å². The summed E-state index contributed by atoms with van der Waals surface area (Å²) < 4.78 is 0. The molecule has 2 nitrogen and oxygen atoms in total. The number of carbonyl (C=O) groups is 1. The first kappa shape index (κ1) is 6.40. The highest BCUT2D eigenvalue weighted by molar-refractivity contribution is 6.00. The Hall–Kier alpha value is -1.31. The van der Waals surface area contributed by atoms with Crippen LogP contribution in [0.15, 0.2) is 18.2 Å². The van der Waals surface area contributed by atoms with E-state index >= 15 is 0 Å². The van der Waals surface area contributed by atoms with Crippen molar-refractivity contribution < 1.29 is 4.79 Å². The Bertz CT molecular complexity index is 306. The fourth-order valence-electron chi connectivity index (χ4n) is 1.32. The van der Waals surface area contributed by atoms with E-state index in [1.807, 2.05) is 18.2 Å². The molecule has 1 heterocycles. The zero-order chi connectivity index (χ0) is 7.84. The van der Waals surface area contributed by atoms with Crippen molar-refractivity contribution in [3.05, 3.63) is 29.8 Å². The maximum Gasteiger partial charge on any atom is 0.231 e. The van der Waals surface area contributed by atoms with Crippen LogP contribution >= 0.6 is 0 Å². The summed E-state index contributed by atoms with van der Waals surface area (Å²) in [6.07, 6.45) is 0.531. The number of rotatable bonds is 0. The van der Waals surface area contributed by atoms with Crippen molar-refractivity contribution in [1.82, 2.24) is 0 Å². The summed E-state index contributed by atoms with van der Waals surface area (Å²) >= 11 is 0. The second-order valence-corrected chi connectivity index (χ2v) is 2.67. The number of hydrogen-bond donors (Lipinski definition) is 0. The Kier molecular flexibility index (Phi) is 1.22. The van der Waals surface area contributed by atoms with Crippen molar-refractivity contribution in [2.45, 2.75) is 6.42 Å². The van der Waals surface area contributed by atoms with Gasteiger partial charge in [0.05, 0.1) is 12.1 Å². The summed E-state index contributed by atoms with van der Waals surface area (Å²) in [6.45, 7) is 0. The van der Waals surface area contributed by atoms with Gasteiger partial charge in [0.25, 0.3) is 0 Å². The summed E-state index contributed by atoms with van der Waals surface area (Å²) in [5.41, 5.74) is 2.01. The zero-order valence-corrected chi connectivity index (χ0v) is 6.29. The minimum atomic E-state index is 0.155. The minimum Gasteiger partial charge on any atom is -0.314 e. The van der Waals surface area contributed by atoms with E-state index < -0.39 is 0 Å². The number of nitrogens with zero attached hydrogens (tertiary/aromatic N) is 1. The molecule has 0 aromatic heterocycles. The molecular formula is C9H8NO. The van der Waals surface area contributed by atoms with Crippen LogP contribution in [0.5, 0.6) is 0 Å². The van der Waals surface area contributed by atoms with Crippen molar-refractivity contribution in [2.75, 3.05) is 11.9 Å². The fourth-order valence-corrected chi connectivity index (χ4v) is 1.32. The van der Waals surface area contributed by atoms with E-state index in [0.717, 1.165) is 11.3 Å². The van der Waals surface area contributed by atoms with Crippen LogP contribution in [0.2, 0.25) is 0 Å². The third-order valence-corrected chi connectivity index (χ3v) is 1.97. The molecule has 1 radical (unpaired) electrons. The molecule has 0 atom stereocenters. The zero-order valence-electron chi connectivity index (χ0n) is 6.29. The predicted molar refractivity (Wildman–Crippen MR) is 42.4 cm³/mol. The van der Waals surface area contributed by atoms with Crippen LogP contribution in [0.25, 0.3) is 0 Å². The van der Waals surface area contributed by atoms with Crippen LogP contribution in [0.3, 0.4) is 0 Å². The van der Waals surface area contributed by atoms with Crippen LogP contribution in [-0.4, -0.2) is 13.0 Å². The first-order valence-corrected chi connectivity index (χ1v) is 3.55. The average Bonchev–Trinajstić information content (AvgIpc) is 2.30. The number of hydrogen-bond acceptors (Lipinski definition) is 1. The van der Waals surface area contributed by atoms with Crippen LogP contribution in [0.1, 0.15) is 5.56 Å². The number of amides is 1. The van der Waals surface area contributed by atoms with E-state index in [9.17, 15) is 4.79 Å². The molecule has 55 valence electrons. The van der Waals surface area contributed by atoms with Gasteiger partial charge in [-0.2, -0.15) is 0 Å². The molecule has 0 saturated carbocycles. The van der Waals surface area contributed by atoms with Crippen molar-refractivity contribution in [1.29, 1.82) is 0 Å². The number of likely N-dealkylation sites (N-methyl/N-ethyl adjacent to an activating group) is 1. The lowest BCUT2D eigenvalue weighted by Crippen LogP contribution is -2.20. The number of carbonyl (C=O) groups excluding carboxylic acids is 1. The number of fused-ring (bicyclic) bond motifs is 1. The third kappa shape index (κ3) is 0.827. The number of anilines is 1. The summed E-state index contributed by atoms with van der Waals surface area (Å²) in [6, 6.07) is 8.73. The van der Waals surface area contributed by atoms with Crippen LogP contribution < -0.4 is 4.90 Å². The molecule has 0 unspecified atom stereocenters. The molecule has 0 saturated heterocycles. The third-order valence-electron chi connectivity index (χ3n) is 1.97. The summed E-state index contributed by atoms with van der Waals surface area (Å²) in [4.78, 5) is 12.8. The van der Waals surface area contributed by atoms with E-state index in [4.69, 9.17) is 0 Å². The lowest BCUT2D eigenvalue weighted by Gasteiger charge is -2.07. The molecule has 1 aromatic carbocycles. The summed E-state index contributed by atoms with van der Waals surface area (Å²) in [5.74, 6) is 0.155. The highest BCUT2D eigenvalue weighted by atomic mass is 16.2. The molecule has 1 amide bonds. The molecule has 0 fully saturated rings. The van der Waals surface area contributed by atoms with Crippen LogP contribution in [0, 0.1) is 6.07 Å². The molecule has 0 aliphatic carbocycles. The van der Waals surface area contributed by atoms with Gasteiger partial charge in [-0.15, -0.1) is 0 Å². The molecule has 1 aromatic rings. The molecule has 0 N–H and O–H groups in total. The van der Waals surface area contributed by atoms with Gasteiger partial charge in [-0.05, 0) is 5.56 Å². The van der Waals surface area contributed by atoms with Crippen molar-refractivity contribution in [2.24, 2.45) is 0 Å². The van der Waals surface area contributed by atoms with Crippen molar-refractivity contribution >= 4 is 11.6 Å². The smallest absolute Gasteiger partial charge is 0.231 e. The van der Waals surface area contributed by atoms with E-state index in [2.05, 4.69) is 6.07 Å². The van der Waals surface area contributed by atoms with Crippen LogP contribution in [0.4, 0.5) is 5.69 Å². The molecule has 1 aliphatic rings. The highest BCUT2D eigenvalue weighted by Crippen LogP contribution is 2.25. The number of para-hydroxylation sites is 1. The van der Waals surface area contributed by atoms with Gasteiger partial charge in [-0.1, -0.05) is 18.2 Å². The van der Waals surface area contributed by atoms with E-state index in [0.29, 0.717) is 6.42 Å². The van der Waals surface area contributed by atoms with Crippen molar-refractivity contribution in [3.8, 4) is 0 Å². The maximum atomic E-state index is 11.1. The quantitative estimate of drug-likeness (QED) is 0.534.